The maximum absolute atomic E-state index is 12.8. The third-order valence-electron chi connectivity index (χ3n) is 10.0. The molecule has 0 unspecified atom stereocenters. The molecule has 0 heterocycles. The van der Waals surface area contributed by atoms with E-state index in [1.54, 1.807) is 12.1 Å². The molecule has 4 aliphatic carbocycles. The van der Waals surface area contributed by atoms with E-state index in [-0.39, 0.29) is 16.4 Å². The van der Waals surface area contributed by atoms with Crippen LogP contribution in [0.25, 0.3) is 0 Å². The molecular weight excluding hydrogens is 420 g/mol. The zero-order chi connectivity index (χ0) is 22.7. The van der Waals surface area contributed by atoms with E-state index in [0.717, 1.165) is 55.7 Å². The van der Waals surface area contributed by atoms with Gasteiger partial charge in [-0.25, -0.2) is 4.83 Å². The predicted octanol–water partition coefficient (Wildman–Crippen LogP) is 5.03. The Morgan fingerprint density at radius 2 is 1.75 bits per heavy atom. The summed E-state index contributed by atoms with van der Waals surface area (Å²) in [5.41, 5.74) is 2.43. The summed E-state index contributed by atoms with van der Waals surface area (Å²) >= 11 is 0. The molecule has 0 aromatic heterocycles. The Morgan fingerprint density at radius 1 is 1.00 bits per heavy atom. The van der Waals surface area contributed by atoms with E-state index in [1.807, 2.05) is 19.1 Å². The van der Waals surface area contributed by atoms with Crippen LogP contribution in [0, 0.1) is 41.4 Å². The molecule has 6 heteroatoms. The first-order valence-corrected chi connectivity index (χ1v) is 14.0. The van der Waals surface area contributed by atoms with E-state index < -0.39 is 10.0 Å². The maximum Gasteiger partial charge on any atom is 0.276 e. The summed E-state index contributed by atoms with van der Waals surface area (Å²) in [6.07, 6.45) is 9.76. The van der Waals surface area contributed by atoms with Crippen molar-refractivity contribution in [2.75, 3.05) is 0 Å². The molecule has 7 atom stereocenters. The Bertz CT molecular complexity index is 1000. The van der Waals surface area contributed by atoms with Crippen LogP contribution in [0.1, 0.15) is 77.2 Å². The number of aryl methyl sites for hydroxylation is 1. The lowest BCUT2D eigenvalue weighted by Gasteiger charge is -2.60. The molecule has 4 aliphatic rings. The Balaban J connectivity index is 1.35. The Kier molecular flexibility index (Phi) is 5.48. The highest BCUT2D eigenvalue weighted by atomic mass is 32.2. The molecule has 0 saturated heterocycles. The standard InChI is InChI=1S/C26H38N2O3S/c1-17-4-7-20(8-5-17)32(30,31)28-27-24-11-10-22-21-9-6-18-16-19(29)12-14-25(18,2)23(21)13-15-26(22,24)3/h4-5,7-8,18-19,21-23,28-29H,6,9-16H2,1-3H3/b27-24+/t18-,19-,21-,22-,23-,25-,26-/m0/s1. The van der Waals surface area contributed by atoms with Gasteiger partial charge in [0.2, 0.25) is 0 Å². The number of rotatable bonds is 3. The van der Waals surface area contributed by atoms with Gasteiger partial charge in [-0.1, -0.05) is 31.5 Å². The summed E-state index contributed by atoms with van der Waals surface area (Å²) in [7, 11) is -3.64. The van der Waals surface area contributed by atoms with E-state index in [9.17, 15) is 13.5 Å². The number of aliphatic hydroxyl groups excluding tert-OH is 1. The lowest BCUT2D eigenvalue weighted by molar-refractivity contribution is -0.113. The minimum atomic E-state index is -3.64. The molecular formula is C26H38N2O3S. The van der Waals surface area contributed by atoms with Gasteiger partial charge >= 0.3 is 0 Å². The van der Waals surface area contributed by atoms with E-state index in [4.69, 9.17) is 0 Å². The van der Waals surface area contributed by atoms with Crippen LogP contribution in [0.4, 0.5) is 0 Å². The number of fused-ring (bicyclic) bond motifs is 5. The minimum absolute atomic E-state index is 0.00562. The minimum Gasteiger partial charge on any atom is -0.393 e. The van der Waals surface area contributed by atoms with Gasteiger partial charge in [-0.3, -0.25) is 0 Å². The predicted molar refractivity (Wildman–Crippen MR) is 127 cm³/mol. The smallest absolute Gasteiger partial charge is 0.276 e. The molecule has 4 fully saturated rings. The molecule has 176 valence electrons. The van der Waals surface area contributed by atoms with E-state index in [1.165, 1.54) is 19.3 Å². The van der Waals surface area contributed by atoms with Crippen LogP contribution in [0.5, 0.6) is 0 Å². The Hall–Kier alpha value is -1.40. The molecule has 0 spiro atoms. The number of benzene rings is 1. The van der Waals surface area contributed by atoms with Gasteiger partial charge in [-0.2, -0.15) is 13.5 Å². The van der Waals surface area contributed by atoms with Crippen molar-refractivity contribution >= 4 is 15.7 Å². The Morgan fingerprint density at radius 3 is 2.50 bits per heavy atom. The number of sulfonamides is 1. The van der Waals surface area contributed by atoms with Crippen molar-refractivity contribution in [1.29, 1.82) is 0 Å². The number of aliphatic hydroxyl groups is 1. The van der Waals surface area contributed by atoms with Gasteiger partial charge in [0.15, 0.2) is 0 Å². The van der Waals surface area contributed by atoms with Crippen LogP contribution in [0.3, 0.4) is 0 Å². The van der Waals surface area contributed by atoms with Crippen LogP contribution in [0.15, 0.2) is 34.3 Å². The van der Waals surface area contributed by atoms with Gasteiger partial charge in [-0.15, -0.1) is 0 Å². The number of hydrogen-bond acceptors (Lipinski definition) is 4. The van der Waals surface area contributed by atoms with Gasteiger partial charge in [0.05, 0.1) is 11.0 Å². The van der Waals surface area contributed by atoms with E-state index in [0.29, 0.717) is 23.2 Å². The largest absolute Gasteiger partial charge is 0.393 e. The number of hydrogen-bond donors (Lipinski definition) is 2. The van der Waals surface area contributed by atoms with Crippen molar-refractivity contribution < 1.29 is 13.5 Å². The molecule has 0 aliphatic heterocycles. The molecule has 2 N–H and O–H groups in total. The normalized spacial score (nSPS) is 42.8. The van der Waals surface area contributed by atoms with E-state index in [2.05, 4.69) is 23.8 Å². The second-order valence-corrected chi connectivity index (χ2v) is 13.2. The summed E-state index contributed by atoms with van der Waals surface area (Å²) in [4.78, 5) is 2.82. The lowest BCUT2D eigenvalue weighted by atomic mass is 9.45. The number of hydrazone groups is 1. The molecule has 1 aromatic rings. The summed E-state index contributed by atoms with van der Waals surface area (Å²) in [5.74, 6) is 2.68. The third kappa shape index (κ3) is 3.53. The second-order valence-electron chi connectivity index (χ2n) is 11.5. The lowest BCUT2D eigenvalue weighted by Crippen LogP contribution is -2.54. The number of nitrogens with zero attached hydrogens (tertiary/aromatic N) is 1. The fourth-order valence-corrected chi connectivity index (χ4v) is 8.92. The fourth-order valence-electron chi connectivity index (χ4n) is 8.09. The summed E-state index contributed by atoms with van der Waals surface area (Å²) in [6, 6.07) is 6.92. The number of nitrogens with one attached hydrogen (secondary N) is 1. The van der Waals surface area contributed by atoms with Crippen molar-refractivity contribution in [2.45, 2.75) is 89.6 Å². The van der Waals surface area contributed by atoms with Crippen molar-refractivity contribution in [3.63, 3.8) is 0 Å². The molecule has 1 aromatic carbocycles. The first-order valence-electron chi connectivity index (χ1n) is 12.5. The van der Waals surface area contributed by atoms with Crippen molar-refractivity contribution in [3.05, 3.63) is 29.8 Å². The Labute approximate surface area is 193 Å². The fraction of sp³-hybridized carbons (Fsp3) is 0.731. The third-order valence-corrected chi connectivity index (χ3v) is 11.2. The summed E-state index contributed by atoms with van der Waals surface area (Å²) < 4.78 is 25.6. The van der Waals surface area contributed by atoms with Crippen LogP contribution >= 0.6 is 0 Å². The van der Waals surface area contributed by atoms with Crippen LogP contribution in [0.2, 0.25) is 0 Å². The molecule has 0 bridgehead atoms. The average molecular weight is 459 g/mol. The first kappa shape index (κ1) is 22.4. The van der Waals surface area contributed by atoms with Crippen LogP contribution in [-0.2, 0) is 10.0 Å². The highest BCUT2D eigenvalue weighted by molar-refractivity contribution is 7.89. The molecule has 4 saturated carbocycles. The molecule has 32 heavy (non-hydrogen) atoms. The van der Waals surface area contributed by atoms with Gasteiger partial charge in [0, 0.05) is 11.1 Å². The molecule has 5 nitrogen and oxygen atoms in total. The topological polar surface area (TPSA) is 78.8 Å². The molecule has 5 rings (SSSR count). The SMILES string of the molecule is Cc1ccc(S(=O)(=O)N/N=C2\CC[C@H]3[C@@H]4CC[C@H]5C[C@@H](O)CC[C@]5(C)[C@H]4CC[C@]23C)cc1. The summed E-state index contributed by atoms with van der Waals surface area (Å²) in [5, 5.41) is 14.8. The van der Waals surface area contributed by atoms with Gasteiger partial charge in [0.1, 0.15) is 0 Å². The highest BCUT2D eigenvalue weighted by Crippen LogP contribution is 2.65. The van der Waals surface area contributed by atoms with Crippen LogP contribution in [-0.4, -0.2) is 25.3 Å². The maximum atomic E-state index is 12.8. The van der Waals surface area contributed by atoms with Crippen molar-refractivity contribution in [2.24, 2.45) is 39.6 Å². The monoisotopic (exact) mass is 458 g/mol. The molecule has 0 radical (unpaired) electrons. The van der Waals surface area contributed by atoms with Crippen LogP contribution < -0.4 is 4.83 Å². The zero-order valence-corrected chi connectivity index (χ0v) is 20.5. The quantitative estimate of drug-likeness (QED) is 0.623. The van der Waals surface area contributed by atoms with Crippen molar-refractivity contribution in [3.8, 4) is 0 Å². The highest BCUT2D eigenvalue weighted by Gasteiger charge is 2.59. The van der Waals surface area contributed by atoms with Crippen molar-refractivity contribution in [1.82, 2.24) is 4.83 Å². The average Bonchev–Trinajstić information content (AvgIpc) is 3.09. The summed E-state index contributed by atoms with van der Waals surface area (Å²) in [6.45, 7) is 6.78. The van der Waals surface area contributed by atoms with Gasteiger partial charge in [0.25, 0.3) is 10.0 Å². The van der Waals surface area contributed by atoms with Gasteiger partial charge < -0.3 is 5.11 Å². The second kappa shape index (κ2) is 7.83. The zero-order valence-electron chi connectivity index (χ0n) is 19.7. The van der Waals surface area contributed by atoms with Gasteiger partial charge in [-0.05, 0) is 106 Å². The van der Waals surface area contributed by atoms with E-state index >= 15 is 0 Å². The first-order chi connectivity index (χ1) is 15.1. The molecule has 0 amide bonds.